The van der Waals surface area contributed by atoms with E-state index in [1.807, 2.05) is 12.1 Å². The molecule has 8 nitrogen and oxygen atoms in total. The second kappa shape index (κ2) is 9.48. The molecule has 0 saturated heterocycles. The first kappa shape index (κ1) is 23.2. The summed E-state index contributed by atoms with van der Waals surface area (Å²) in [5, 5.41) is 0. The van der Waals surface area contributed by atoms with Gasteiger partial charge in [-0.25, -0.2) is 9.79 Å². The van der Waals surface area contributed by atoms with Crippen LogP contribution < -0.4 is 24.4 Å². The molecule has 0 amide bonds. The number of nitrogens with zero attached hydrogens (tertiary/aromatic N) is 2. The molecule has 0 fully saturated rings. The van der Waals surface area contributed by atoms with E-state index in [4.69, 9.17) is 14.2 Å². The number of thiazole rings is 1. The summed E-state index contributed by atoms with van der Waals surface area (Å²) in [6.45, 7) is 3.05. The molecular formula is C25H22N2O6S. The lowest BCUT2D eigenvalue weighted by Gasteiger charge is -2.24. The van der Waals surface area contributed by atoms with Gasteiger partial charge in [0.15, 0.2) is 4.80 Å². The van der Waals surface area contributed by atoms with Gasteiger partial charge in [-0.3, -0.25) is 14.2 Å². The van der Waals surface area contributed by atoms with Crippen molar-refractivity contribution in [1.82, 2.24) is 4.57 Å². The predicted molar refractivity (Wildman–Crippen MR) is 127 cm³/mol. The highest BCUT2D eigenvalue weighted by Gasteiger charge is 2.33. The number of aromatic nitrogens is 1. The van der Waals surface area contributed by atoms with Crippen LogP contribution in [-0.4, -0.2) is 30.7 Å². The fourth-order valence-corrected chi connectivity index (χ4v) is 4.83. The van der Waals surface area contributed by atoms with Crippen LogP contribution in [0.1, 0.15) is 31.0 Å². The first-order valence-electron chi connectivity index (χ1n) is 10.4. The number of benzene rings is 2. The highest BCUT2D eigenvalue weighted by molar-refractivity contribution is 7.07. The lowest BCUT2D eigenvalue weighted by Crippen LogP contribution is -2.39. The number of ether oxygens (including phenoxy) is 3. The average molecular weight is 479 g/mol. The van der Waals surface area contributed by atoms with Gasteiger partial charge in [0.25, 0.3) is 5.56 Å². The van der Waals surface area contributed by atoms with Gasteiger partial charge in [-0.15, -0.1) is 0 Å². The normalized spacial score (nSPS) is 15.4. The van der Waals surface area contributed by atoms with E-state index in [2.05, 4.69) is 4.99 Å². The predicted octanol–water partition coefficient (Wildman–Crippen LogP) is 2.34. The number of hydrogen-bond acceptors (Lipinski definition) is 8. The van der Waals surface area contributed by atoms with Crippen molar-refractivity contribution in [2.24, 2.45) is 4.99 Å². The van der Waals surface area contributed by atoms with Gasteiger partial charge >= 0.3 is 11.9 Å². The topological polar surface area (TPSA) is 96.2 Å². The van der Waals surface area contributed by atoms with Crippen LogP contribution in [0.5, 0.6) is 11.5 Å². The molecule has 1 unspecified atom stereocenters. The lowest BCUT2D eigenvalue weighted by molar-refractivity contribution is -0.136. The SMILES string of the molecule is COC(=O)C1=C(C)N=c2s/c(=C/c3cccc(OC(C)=O)c3)c(=O)n2C1c1ccc(OC)cc1. The van der Waals surface area contributed by atoms with E-state index in [1.165, 1.54) is 29.9 Å². The Labute approximate surface area is 199 Å². The molecule has 2 heterocycles. The Kier molecular flexibility index (Phi) is 6.47. The quantitative estimate of drug-likeness (QED) is 0.413. The summed E-state index contributed by atoms with van der Waals surface area (Å²) in [4.78, 5) is 42.5. The molecule has 1 aromatic heterocycles. The van der Waals surface area contributed by atoms with Crippen molar-refractivity contribution in [3.05, 3.63) is 90.6 Å². The number of allylic oxidation sites excluding steroid dienone is 1. The first-order chi connectivity index (χ1) is 16.3. The van der Waals surface area contributed by atoms with E-state index in [-0.39, 0.29) is 5.56 Å². The molecule has 1 atom stereocenters. The van der Waals surface area contributed by atoms with Crippen molar-refractivity contribution in [1.29, 1.82) is 0 Å². The molecule has 0 saturated carbocycles. The highest BCUT2D eigenvalue weighted by atomic mass is 32.1. The molecule has 9 heteroatoms. The number of hydrogen-bond donors (Lipinski definition) is 0. The van der Waals surface area contributed by atoms with E-state index in [9.17, 15) is 14.4 Å². The van der Waals surface area contributed by atoms with Crippen LogP contribution in [0.3, 0.4) is 0 Å². The van der Waals surface area contributed by atoms with Crippen LogP contribution in [0.2, 0.25) is 0 Å². The molecule has 3 aromatic rings. The summed E-state index contributed by atoms with van der Waals surface area (Å²) in [7, 11) is 2.87. The van der Waals surface area contributed by atoms with Crippen molar-refractivity contribution in [3.8, 4) is 11.5 Å². The fourth-order valence-electron chi connectivity index (χ4n) is 3.78. The zero-order valence-corrected chi connectivity index (χ0v) is 19.8. The number of fused-ring (bicyclic) bond motifs is 1. The smallest absolute Gasteiger partial charge is 0.338 e. The Balaban J connectivity index is 1.90. The summed E-state index contributed by atoms with van der Waals surface area (Å²) >= 11 is 1.22. The van der Waals surface area contributed by atoms with Crippen LogP contribution in [0.25, 0.3) is 6.08 Å². The summed E-state index contributed by atoms with van der Waals surface area (Å²) in [6, 6.07) is 13.3. The highest BCUT2D eigenvalue weighted by Crippen LogP contribution is 2.31. The van der Waals surface area contributed by atoms with Crippen molar-refractivity contribution in [2.45, 2.75) is 19.9 Å². The standard InChI is InChI=1S/C25H22N2O6S/c1-14-21(24(30)32-4)22(17-8-10-18(31-3)11-9-17)27-23(29)20(34-25(27)26-14)13-16-6-5-7-19(12-16)33-15(2)28/h5-13,22H,1-4H3/b20-13+. The Bertz CT molecular complexity index is 1480. The van der Waals surface area contributed by atoms with E-state index >= 15 is 0 Å². The number of methoxy groups -OCH3 is 2. The largest absolute Gasteiger partial charge is 0.497 e. The Morgan fingerprint density at radius 2 is 1.82 bits per heavy atom. The zero-order chi connectivity index (χ0) is 24.4. The Morgan fingerprint density at radius 1 is 1.09 bits per heavy atom. The van der Waals surface area contributed by atoms with E-state index < -0.39 is 18.0 Å². The molecule has 1 aliphatic rings. The first-order valence-corrected chi connectivity index (χ1v) is 11.2. The van der Waals surface area contributed by atoms with Crippen LogP contribution in [-0.2, 0) is 14.3 Å². The Morgan fingerprint density at radius 3 is 2.47 bits per heavy atom. The summed E-state index contributed by atoms with van der Waals surface area (Å²) in [6.07, 6.45) is 1.71. The fraction of sp³-hybridized carbons (Fsp3) is 0.200. The molecule has 174 valence electrons. The van der Waals surface area contributed by atoms with Crippen LogP contribution in [0.15, 0.2) is 69.6 Å². The number of carbonyl (C=O) groups excluding carboxylic acids is 2. The molecule has 4 rings (SSSR count). The third-order valence-electron chi connectivity index (χ3n) is 5.28. The molecule has 0 bridgehead atoms. The molecule has 0 spiro atoms. The maximum atomic E-state index is 13.5. The van der Waals surface area contributed by atoms with Gasteiger partial charge in [-0.2, -0.15) is 0 Å². The van der Waals surface area contributed by atoms with Gasteiger partial charge < -0.3 is 14.2 Å². The average Bonchev–Trinajstić information content (AvgIpc) is 3.12. The van der Waals surface area contributed by atoms with Crippen molar-refractivity contribution in [3.63, 3.8) is 0 Å². The van der Waals surface area contributed by atoms with Gasteiger partial charge in [-0.05, 0) is 48.4 Å². The maximum absolute atomic E-state index is 13.5. The second-order valence-corrected chi connectivity index (χ2v) is 8.52. The van der Waals surface area contributed by atoms with Gasteiger partial charge in [0, 0.05) is 6.92 Å². The van der Waals surface area contributed by atoms with Crippen LogP contribution in [0, 0.1) is 0 Å². The summed E-state index contributed by atoms with van der Waals surface area (Å²) in [5.74, 6) is 0.0605. The third-order valence-corrected chi connectivity index (χ3v) is 6.26. The number of esters is 2. The molecule has 0 aliphatic carbocycles. The van der Waals surface area contributed by atoms with Crippen molar-refractivity contribution < 1.29 is 23.8 Å². The zero-order valence-electron chi connectivity index (χ0n) is 19.0. The molecule has 0 N–H and O–H groups in total. The van der Waals surface area contributed by atoms with Crippen LogP contribution >= 0.6 is 11.3 Å². The Hall–Kier alpha value is -3.98. The van der Waals surface area contributed by atoms with Gasteiger partial charge in [0.1, 0.15) is 11.5 Å². The molecule has 34 heavy (non-hydrogen) atoms. The van der Waals surface area contributed by atoms with E-state index in [0.717, 1.165) is 5.56 Å². The summed E-state index contributed by atoms with van der Waals surface area (Å²) < 4.78 is 17.3. The monoisotopic (exact) mass is 478 g/mol. The maximum Gasteiger partial charge on any atom is 0.338 e. The second-order valence-electron chi connectivity index (χ2n) is 7.51. The minimum Gasteiger partial charge on any atom is -0.497 e. The molecule has 0 radical (unpaired) electrons. The lowest BCUT2D eigenvalue weighted by atomic mass is 9.96. The number of rotatable bonds is 5. The molecule has 1 aliphatic heterocycles. The van der Waals surface area contributed by atoms with Crippen molar-refractivity contribution >= 4 is 29.4 Å². The minimum atomic E-state index is -0.705. The molecule has 2 aromatic carbocycles. The van der Waals surface area contributed by atoms with Gasteiger partial charge in [-0.1, -0.05) is 35.6 Å². The number of carbonyl (C=O) groups is 2. The minimum absolute atomic E-state index is 0.295. The van der Waals surface area contributed by atoms with Crippen molar-refractivity contribution in [2.75, 3.05) is 14.2 Å². The van der Waals surface area contributed by atoms with Crippen LogP contribution in [0.4, 0.5) is 0 Å². The summed E-state index contributed by atoms with van der Waals surface area (Å²) in [5.41, 5.74) is 1.89. The third kappa shape index (κ3) is 4.42. The molecular weight excluding hydrogens is 456 g/mol. The van der Waals surface area contributed by atoms with E-state index in [0.29, 0.717) is 37.7 Å². The van der Waals surface area contributed by atoms with E-state index in [1.54, 1.807) is 56.5 Å². The van der Waals surface area contributed by atoms with Gasteiger partial charge in [0.2, 0.25) is 0 Å². The van der Waals surface area contributed by atoms with Gasteiger partial charge in [0.05, 0.1) is 36.1 Å².